The zero-order valence-corrected chi connectivity index (χ0v) is 13.8. The van der Waals surface area contributed by atoms with Gasteiger partial charge in [0.1, 0.15) is 0 Å². The van der Waals surface area contributed by atoms with E-state index in [9.17, 15) is 4.79 Å². The number of hydrogen-bond acceptors (Lipinski definition) is 4. The molecule has 4 nitrogen and oxygen atoms in total. The van der Waals surface area contributed by atoms with Crippen LogP contribution in [0, 0.1) is 13.8 Å². The van der Waals surface area contributed by atoms with Gasteiger partial charge in [-0.1, -0.05) is 12.1 Å². The van der Waals surface area contributed by atoms with Gasteiger partial charge >= 0.3 is 0 Å². The fourth-order valence-corrected chi connectivity index (χ4v) is 2.20. The number of anilines is 1. The average molecular weight is 311 g/mol. The number of allylic oxidation sites excluding steroid dienone is 1. The Morgan fingerprint density at radius 3 is 2.48 bits per heavy atom. The quantitative estimate of drug-likeness (QED) is 0.643. The molecule has 0 bridgehead atoms. The predicted octanol–water partition coefficient (Wildman–Crippen LogP) is 4.13. The van der Waals surface area contributed by atoms with E-state index in [2.05, 4.69) is 18.3 Å². The summed E-state index contributed by atoms with van der Waals surface area (Å²) in [5.74, 6) is 1.03. The van der Waals surface area contributed by atoms with Crippen molar-refractivity contribution in [3.8, 4) is 11.5 Å². The average Bonchev–Trinajstić information content (AvgIpc) is 2.57. The van der Waals surface area contributed by atoms with E-state index in [-0.39, 0.29) is 5.78 Å². The van der Waals surface area contributed by atoms with Crippen LogP contribution in [0.1, 0.15) is 21.5 Å². The van der Waals surface area contributed by atoms with E-state index >= 15 is 0 Å². The lowest BCUT2D eigenvalue weighted by molar-refractivity contribution is 0.104. The van der Waals surface area contributed by atoms with Crippen LogP contribution < -0.4 is 14.8 Å². The molecule has 0 unspecified atom stereocenters. The minimum Gasteiger partial charge on any atom is -0.493 e. The minimum atomic E-state index is -0.108. The fourth-order valence-electron chi connectivity index (χ4n) is 2.20. The predicted molar refractivity (Wildman–Crippen MR) is 92.6 cm³/mol. The van der Waals surface area contributed by atoms with Gasteiger partial charge in [0, 0.05) is 23.5 Å². The number of rotatable bonds is 6. The second-order valence-corrected chi connectivity index (χ2v) is 5.16. The molecule has 0 aliphatic carbocycles. The van der Waals surface area contributed by atoms with Crippen molar-refractivity contribution in [2.24, 2.45) is 0 Å². The SMILES string of the molecule is COc1ccc(C(=O)/C=C/Nc2cccc(C)c2C)cc1OC. The van der Waals surface area contributed by atoms with Gasteiger partial charge in [-0.05, 0) is 49.2 Å². The molecule has 0 spiro atoms. The summed E-state index contributed by atoms with van der Waals surface area (Å²) in [7, 11) is 3.11. The second-order valence-electron chi connectivity index (χ2n) is 5.16. The van der Waals surface area contributed by atoms with Crippen molar-refractivity contribution in [3.05, 3.63) is 65.4 Å². The molecule has 4 heteroatoms. The van der Waals surface area contributed by atoms with E-state index in [4.69, 9.17) is 9.47 Å². The molecule has 120 valence electrons. The molecule has 1 N–H and O–H groups in total. The van der Waals surface area contributed by atoms with E-state index in [0.29, 0.717) is 17.1 Å². The van der Waals surface area contributed by atoms with E-state index in [1.807, 2.05) is 19.1 Å². The van der Waals surface area contributed by atoms with E-state index in [0.717, 1.165) is 11.3 Å². The topological polar surface area (TPSA) is 47.6 Å². The Bertz CT molecular complexity index is 735. The van der Waals surface area contributed by atoms with Crippen molar-refractivity contribution >= 4 is 11.5 Å². The number of benzene rings is 2. The summed E-state index contributed by atoms with van der Waals surface area (Å²) in [5, 5.41) is 3.15. The van der Waals surface area contributed by atoms with E-state index < -0.39 is 0 Å². The number of hydrogen-bond donors (Lipinski definition) is 1. The zero-order chi connectivity index (χ0) is 16.8. The van der Waals surface area contributed by atoms with Crippen LogP contribution in [0.3, 0.4) is 0 Å². The first-order chi connectivity index (χ1) is 11.1. The van der Waals surface area contributed by atoms with Gasteiger partial charge in [-0.25, -0.2) is 0 Å². The molecule has 0 heterocycles. The molecule has 0 aliphatic heterocycles. The van der Waals surface area contributed by atoms with Crippen LogP contribution >= 0.6 is 0 Å². The van der Waals surface area contributed by atoms with Gasteiger partial charge in [0.25, 0.3) is 0 Å². The molecule has 0 radical (unpaired) electrons. The molecule has 0 saturated heterocycles. The third-order valence-corrected chi connectivity index (χ3v) is 3.75. The number of carbonyl (C=O) groups excluding carboxylic acids is 1. The summed E-state index contributed by atoms with van der Waals surface area (Å²) in [6.45, 7) is 4.10. The number of ketones is 1. The molecule has 0 aromatic heterocycles. The highest BCUT2D eigenvalue weighted by molar-refractivity contribution is 6.05. The number of methoxy groups -OCH3 is 2. The van der Waals surface area contributed by atoms with Gasteiger partial charge in [-0.2, -0.15) is 0 Å². The number of nitrogens with one attached hydrogen (secondary N) is 1. The Balaban J connectivity index is 2.11. The van der Waals surface area contributed by atoms with Crippen molar-refractivity contribution in [1.29, 1.82) is 0 Å². The van der Waals surface area contributed by atoms with E-state index in [1.165, 1.54) is 11.6 Å². The van der Waals surface area contributed by atoms with Gasteiger partial charge in [0.15, 0.2) is 17.3 Å². The monoisotopic (exact) mass is 311 g/mol. The molecule has 2 aromatic rings. The molecule has 0 fully saturated rings. The van der Waals surface area contributed by atoms with Crippen molar-refractivity contribution in [2.45, 2.75) is 13.8 Å². The van der Waals surface area contributed by atoms with Crippen LogP contribution in [0.25, 0.3) is 0 Å². The fraction of sp³-hybridized carbons (Fsp3) is 0.211. The molecule has 2 aromatic carbocycles. The van der Waals surface area contributed by atoms with Gasteiger partial charge in [0.05, 0.1) is 14.2 Å². The van der Waals surface area contributed by atoms with Crippen molar-refractivity contribution in [2.75, 3.05) is 19.5 Å². The molecular formula is C19H21NO3. The maximum absolute atomic E-state index is 12.2. The van der Waals surface area contributed by atoms with E-state index in [1.54, 1.807) is 38.6 Å². The smallest absolute Gasteiger partial charge is 0.187 e. The largest absolute Gasteiger partial charge is 0.493 e. The number of carbonyl (C=O) groups is 1. The molecule has 0 amide bonds. The number of aryl methyl sites for hydroxylation is 1. The Labute approximate surface area is 136 Å². The molecule has 0 saturated carbocycles. The lowest BCUT2D eigenvalue weighted by Crippen LogP contribution is -1.99. The Kier molecular flexibility index (Phi) is 5.41. The summed E-state index contributed by atoms with van der Waals surface area (Å²) in [5.41, 5.74) is 3.90. The molecule has 2 rings (SSSR count). The highest BCUT2D eigenvalue weighted by Crippen LogP contribution is 2.27. The van der Waals surface area contributed by atoms with Crippen LogP contribution in [0.5, 0.6) is 11.5 Å². The Morgan fingerprint density at radius 2 is 1.78 bits per heavy atom. The maximum atomic E-state index is 12.2. The van der Waals surface area contributed by atoms with Crippen LogP contribution in [0.4, 0.5) is 5.69 Å². The summed E-state index contributed by atoms with van der Waals surface area (Å²) in [4.78, 5) is 12.2. The third kappa shape index (κ3) is 3.92. The summed E-state index contributed by atoms with van der Waals surface area (Å²) in [6.07, 6.45) is 3.16. The highest BCUT2D eigenvalue weighted by Gasteiger charge is 2.08. The van der Waals surface area contributed by atoms with Crippen LogP contribution in [0.2, 0.25) is 0 Å². The normalized spacial score (nSPS) is 10.6. The third-order valence-electron chi connectivity index (χ3n) is 3.75. The minimum absolute atomic E-state index is 0.108. The lowest BCUT2D eigenvalue weighted by Gasteiger charge is -2.09. The van der Waals surface area contributed by atoms with Crippen LogP contribution in [0.15, 0.2) is 48.7 Å². The first kappa shape index (κ1) is 16.6. The maximum Gasteiger partial charge on any atom is 0.187 e. The Hall–Kier alpha value is -2.75. The van der Waals surface area contributed by atoms with Gasteiger partial charge in [-0.3, -0.25) is 4.79 Å². The van der Waals surface area contributed by atoms with Gasteiger partial charge in [0.2, 0.25) is 0 Å². The first-order valence-corrected chi connectivity index (χ1v) is 7.32. The summed E-state index contributed by atoms with van der Waals surface area (Å²) < 4.78 is 10.4. The molecule has 0 aliphatic rings. The molecule has 23 heavy (non-hydrogen) atoms. The van der Waals surface area contributed by atoms with Crippen molar-refractivity contribution in [3.63, 3.8) is 0 Å². The van der Waals surface area contributed by atoms with Gasteiger partial charge in [-0.15, -0.1) is 0 Å². The standard InChI is InChI=1S/C19H21NO3/c1-13-6-5-7-16(14(13)2)20-11-10-17(21)15-8-9-18(22-3)19(12-15)23-4/h5-12,20H,1-4H3/b11-10+. The highest BCUT2D eigenvalue weighted by atomic mass is 16.5. The van der Waals surface area contributed by atoms with Crippen LogP contribution in [-0.4, -0.2) is 20.0 Å². The lowest BCUT2D eigenvalue weighted by atomic mass is 10.1. The first-order valence-electron chi connectivity index (χ1n) is 7.32. The summed E-state index contributed by atoms with van der Waals surface area (Å²) >= 11 is 0. The Morgan fingerprint density at radius 1 is 1.04 bits per heavy atom. The second kappa shape index (κ2) is 7.49. The van der Waals surface area contributed by atoms with Crippen molar-refractivity contribution in [1.82, 2.24) is 0 Å². The number of ether oxygens (including phenoxy) is 2. The van der Waals surface area contributed by atoms with Crippen LogP contribution in [-0.2, 0) is 0 Å². The van der Waals surface area contributed by atoms with Crippen molar-refractivity contribution < 1.29 is 14.3 Å². The summed E-state index contributed by atoms with van der Waals surface area (Å²) in [6, 6.07) is 11.1. The zero-order valence-electron chi connectivity index (χ0n) is 13.8. The van der Waals surface area contributed by atoms with Gasteiger partial charge < -0.3 is 14.8 Å². The molecular weight excluding hydrogens is 290 g/mol. The molecule has 0 atom stereocenters.